The van der Waals surface area contributed by atoms with Crippen molar-refractivity contribution in [3.05, 3.63) is 132 Å². The van der Waals surface area contributed by atoms with Gasteiger partial charge in [-0.2, -0.15) is 0 Å². The van der Waals surface area contributed by atoms with Crippen molar-refractivity contribution in [1.82, 2.24) is 0 Å². The first-order valence-electron chi connectivity index (χ1n) is 20.6. The molecule has 7 heteroatoms. The van der Waals surface area contributed by atoms with E-state index in [2.05, 4.69) is 205 Å². The van der Waals surface area contributed by atoms with Gasteiger partial charge in [-0.1, -0.05) is 163 Å². The number of thioether (sulfide) groups is 1. The van der Waals surface area contributed by atoms with Crippen molar-refractivity contribution in [1.29, 1.82) is 0 Å². The largest absolute Gasteiger partial charge is 0.410 e. The molecular formula is C49H74O4SSi2. The van der Waals surface area contributed by atoms with Crippen LogP contribution in [0.2, 0.25) is 23.2 Å². The Morgan fingerprint density at radius 3 is 1.70 bits per heavy atom. The molecule has 0 heterocycles. The Morgan fingerprint density at radius 1 is 0.696 bits per heavy atom. The highest BCUT2D eigenvalue weighted by atomic mass is 32.2. The summed E-state index contributed by atoms with van der Waals surface area (Å²) >= 11 is 1.70. The average Bonchev–Trinajstić information content (AvgIpc) is 3.17. The topological polar surface area (TPSA) is 36.9 Å². The van der Waals surface area contributed by atoms with E-state index in [0.29, 0.717) is 12.5 Å². The van der Waals surface area contributed by atoms with Crippen molar-refractivity contribution in [2.24, 2.45) is 0 Å². The van der Waals surface area contributed by atoms with E-state index in [0.717, 1.165) is 30.4 Å². The highest BCUT2D eigenvalue weighted by Crippen LogP contribution is 2.41. The highest BCUT2D eigenvalue weighted by Gasteiger charge is 2.53. The van der Waals surface area contributed by atoms with Crippen LogP contribution in [0.15, 0.2) is 126 Å². The van der Waals surface area contributed by atoms with Gasteiger partial charge in [-0.3, -0.25) is 0 Å². The van der Waals surface area contributed by atoms with Crippen LogP contribution in [0.4, 0.5) is 0 Å². The molecule has 3 rings (SSSR count). The van der Waals surface area contributed by atoms with Gasteiger partial charge >= 0.3 is 0 Å². The molecule has 0 spiro atoms. The third-order valence-electron chi connectivity index (χ3n) is 11.6. The zero-order chi connectivity index (χ0) is 41.6. The summed E-state index contributed by atoms with van der Waals surface area (Å²) in [6.45, 7) is 30.1. The van der Waals surface area contributed by atoms with Crippen LogP contribution in [0.5, 0.6) is 0 Å². The second-order valence-electron chi connectivity index (χ2n) is 17.8. The maximum Gasteiger partial charge on any atom is 0.262 e. The van der Waals surface area contributed by atoms with Crippen molar-refractivity contribution < 1.29 is 18.3 Å². The predicted octanol–water partition coefficient (Wildman–Crippen LogP) is 12.7. The number of allylic oxidation sites excluding steroid dienone is 2. The molecule has 56 heavy (non-hydrogen) atoms. The molecule has 0 saturated carbocycles. The molecule has 0 fully saturated rings. The quantitative estimate of drug-likeness (QED) is 0.0608. The summed E-state index contributed by atoms with van der Waals surface area (Å²) in [7, 11) is -5.13. The number of ether oxygens (including phenoxy) is 2. The second kappa shape index (κ2) is 22.0. The molecule has 0 bridgehead atoms. The fourth-order valence-electron chi connectivity index (χ4n) is 6.83. The molecule has 0 aromatic heterocycles. The molecule has 0 saturated heterocycles. The van der Waals surface area contributed by atoms with Crippen molar-refractivity contribution in [3.63, 3.8) is 0 Å². The summed E-state index contributed by atoms with van der Waals surface area (Å²) in [4.78, 5) is 0. The normalized spacial score (nSPS) is 16.1. The van der Waals surface area contributed by atoms with E-state index >= 15 is 0 Å². The van der Waals surface area contributed by atoms with Crippen LogP contribution in [0, 0.1) is 0 Å². The maximum absolute atomic E-state index is 8.15. The highest BCUT2D eigenvalue weighted by molar-refractivity contribution is 7.98. The lowest BCUT2D eigenvalue weighted by atomic mass is 9.96. The Labute approximate surface area is 348 Å². The predicted molar refractivity (Wildman–Crippen MR) is 249 cm³/mol. The van der Waals surface area contributed by atoms with E-state index in [1.807, 2.05) is 0 Å². The van der Waals surface area contributed by atoms with Crippen molar-refractivity contribution in [2.45, 2.75) is 150 Å². The molecule has 308 valence electrons. The Kier molecular flexibility index (Phi) is 18.8. The van der Waals surface area contributed by atoms with Gasteiger partial charge in [0.15, 0.2) is 8.32 Å². The summed E-state index contributed by atoms with van der Waals surface area (Å²) in [5, 5.41) is 2.34. The Hall–Kier alpha value is -2.50. The van der Waals surface area contributed by atoms with Crippen molar-refractivity contribution in [2.75, 3.05) is 12.2 Å². The molecular weight excluding hydrogens is 741 g/mol. The second-order valence-corrected chi connectivity index (χ2v) is 27.6. The Balaban J connectivity index is 2.38. The maximum atomic E-state index is 8.15. The van der Waals surface area contributed by atoms with Crippen molar-refractivity contribution >= 4 is 38.8 Å². The van der Waals surface area contributed by atoms with E-state index in [-0.39, 0.29) is 22.3 Å². The monoisotopic (exact) mass is 814 g/mol. The molecule has 0 radical (unpaired) electrons. The number of hydrogen-bond acceptors (Lipinski definition) is 5. The third-order valence-corrected chi connectivity index (χ3v) is 21.5. The van der Waals surface area contributed by atoms with Gasteiger partial charge in [0.05, 0.1) is 30.9 Å². The molecule has 0 N–H and O–H groups in total. The van der Waals surface area contributed by atoms with Gasteiger partial charge in [0.2, 0.25) is 0 Å². The van der Waals surface area contributed by atoms with Gasteiger partial charge in [0, 0.05) is 0 Å². The Morgan fingerprint density at radius 2 is 1.23 bits per heavy atom. The minimum Gasteiger partial charge on any atom is -0.410 e. The summed E-state index contributed by atoms with van der Waals surface area (Å²) < 4.78 is 29.4. The molecule has 0 aliphatic rings. The SMILES string of the molecule is C/C=C(/C)[C@@H](C/C=C(\C)[C@@H](O[Si](c1ccccc1)(c1ccccc1)C(C)(C)C)[C@H](OCc1ccccc1)C(C/C=C(/C)CC)OCSC)O[Si](C)(C)C(C)(C)C. The fourth-order valence-corrected chi connectivity index (χ4v) is 13.2. The van der Waals surface area contributed by atoms with Gasteiger partial charge in [0.1, 0.15) is 6.10 Å². The number of benzene rings is 3. The molecule has 4 nitrogen and oxygen atoms in total. The molecule has 0 aliphatic carbocycles. The zero-order valence-electron chi connectivity index (χ0n) is 37.3. The average molecular weight is 815 g/mol. The smallest absolute Gasteiger partial charge is 0.262 e. The van der Waals surface area contributed by atoms with Crippen LogP contribution in [0.25, 0.3) is 0 Å². The lowest BCUT2D eigenvalue weighted by molar-refractivity contribution is -0.105. The van der Waals surface area contributed by atoms with E-state index in [1.165, 1.54) is 21.5 Å². The van der Waals surface area contributed by atoms with Gasteiger partial charge in [-0.25, -0.2) is 0 Å². The van der Waals surface area contributed by atoms with Crippen LogP contribution >= 0.6 is 11.8 Å². The van der Waals surface area contributed by atoms with Gasteiger partial charge in [0.25, 0.3) is 8.32 Å². The van der Waals surface area contributed by atoms with Gasteiger partial charge < -0.3 is 18.3 Å². The summed E-state index contributed by atoms with van der Waals surface area (Å²) in [6.07, 6.45) is 10.3. The first-order chi connectivity index (χ1) is 26.4. The van der Waals surface area contributed by atoms with Crippen LogP contribution in [0.3, 0.4) is 0 Å². The summed E-state index contributed by atoms with van der Waals surface area (Å²) in [5.74, 6) is 0.562. The summed E-state index contributed by atoms with van der Waals surface area (Å²) in [6, 6.07) is 32.4. The van der Waals surface area contributed by atoms with Gasteiger partial charge in [-0.15, -0.1) is 11.8 Å². The zero-order valence-corrected chi connectivity index (χ0v) is 40.1. The van der Waals surface area contributed by atoms with Crippen LogP contribution in [0.1, 0.15) is 101 Å². The fraction of sp³-hybridized carbons (Fsp3) is 0.510. The minimum absolute atomic E-state index is 0.0354. The standard InChI is InChI=1S/C49H74O4SSi2/c1-15-38(3)32-34-45(51-37-54-12)47(50-36-41-26-20-17-21-27-41)46(40(5)33-35-44(39(4)16-2)52-55(13,14)48(6,7)8)53-56(49(9,10)11,42-28-22-18-23-29-42)43-30-24-19-25-31-43/h16-33,44-47H,15,34-37H2,1-14H3/b38-32-,39-16-,40-33+/t44-,45?,46-,47-/m1/s1. The lowest BCUT2D eigenvalue weighted by Crippen LogP contribution is -2.69. The minimum atomic E-state index is -3.06. The van der Waals surface area contributed by atoms with E-state index in [9.17, 15) is 0 Å². The molecule has 3 aromatic carbocycles. The number of hydrogen-bond donors (Lipinski definition) is 0. The van der Waals surface area contributed by atoms with Crippen LogP contribution in [-0.4, -0.2) is 53.2 Å². The lowest BCUT2D eigenvalue weighted by Gasteiger charge is -2.47. The molecule has 0 amide bonds. The van der Waals surface area contributed by atoms with Gasteiger partial charge in [-0.05, 0) is 103 Å². The van der Waals surface area contributed by atoms with E-state index < -0.39 is 28.8 Å². The van der Waals surface area contributed by atoms with E-state index in [4.69, 9.17) is 18.3 Å². The molecule has 1 unspecified atom stereocenters. The van der Waals surface area contributed by atoms with Crippen LogP contribution < -0.4 is 10.4 Å². The first-order valence-corrected chi connectivity index (χ1v) is 26.8. The summed E-state index contributed by atoms with van der Waals surface area (Å²) in [5.41, 5.74) is 4.85. The van der Waals surface area contributed by atoms with Crippen molar-refractivity contribution in [3.8, 4) is 0 Å². The number of rotatable bonds is 21. The molecule has 0 aliphatic heterocycles. The van der Waals surface area contributed by atoms with E-state index in [1.54, 1.807) is 11.8 Å². The molecule has 3 aromatic rings. The molecule has 4 atom stereocenters. The first kappa shape index (κ1) is 47.9. The van der Waals surface area contributed by atoms with Crippen LogP contribution in [-0.2, 0) is 24.9 Å². The third kappa shape index (κ3) is 13.0. The Bertz CT molecular complexity index is 1630.